The molecule has 10 heteroatoms. The fourth-order valence-corrected chi connectivity index (χ4v) is 5.50. The standard InChI is InChI=1S/C28H32ClN3O5S/c1-36-27-20-22(29)12-15-26(27)37-25-9-4-3-8-24(25)31-38(34,35)23-13-10-21(11-14-23)28(33)30-16-7-19-32-17-5-2-6-18-32/h3-4,8-15,20,31H,2,5-7,16-19H2,1H3,(H,30,33). The Bertz CT molecular complexity index is 1340. The number of piperidine rings is 1. The molecule has 3 aromatic rings. The highest BCUT2D eigenvalue weighted by Crippen LogP contribution is 2.37. The van der Waals surface area contributed by atoms with Crippen molar-refractivity contribution in [3.63, 3.8) is 0 Å². The third-order valence-electron chi connectivity index (χ3n) is 6.29. The second-order valence-corrected chi connectivity index (χ2v) is 11.2. The molecule has 0 saturated carbocycles. The molecule has 2 N–H and O–H groups in total. The Hall–Kier alpha value is -3.27. The van der Waals surface area contributed by atoms with Crippen LogP contribution in [0.5, 0.6) is 17.2 Å². The fourth-order valence-electron chi connectivity index (χ4n) is 4.26. The van der Waals surface area contributed by atoms with Crippen molar-refractivity contribution in [3.05, 3.63) is 77.3 Å². The average molecular weight is 558 g/mol. The zero-order valence-electron chi connectivity index (χ0n) is 21.3. The van der Waals surface area contributed by atoms with Gasteiger partial charge in [0.15, 0.2) is 17.2 Å². The van der Waals surface area contributed by atoms with Gasteiger partial charge in [0.1, 0.15) is 0 Å². The number of hydrogen-bond donors (Lipinski definition) is 2. The molecule has 202 valence electrons. The molecule has 8 nitrogen and oxygen atoms in total. The summed E-state index contributed by atoms with van der Waals surface area (Å²) >= 11 is 6.02. The monoisotopic (exact) mass is 557 g/mol. The Balaban J connectivity index is 1.37. The number of hydrogen-bond acceptors (Lipinski definition) is 6. The third kappa shape index (κ3) is 7.40. The van der Waals surface area contributed by atoms with Crippen LogP contribution in [0.2, 0.25) is 5.02 Å². The summed E-state index contributed by atoms with van der Waals surface area (Å²) in [5.41, 5.74) is 0.653. The van der Waals surface area contributed by atoms with Crippen LogP contribution in [0.1, 0.15) is 36.0 Å². The molecular weight excluding hydrogens is 526 g/mol. The summed E-state index contributed by atoms with van der Waals surface area (Å²) in [6.07, 6.45) is 4.66. The van der Waals surface area contributed by atoms with Crippen LogP contribution >= 0.6 is 11.6 Å². The molecule has 0 bridgehead atoms. The quantitative estimate of drug-likeness (QED) is 0.300. The number of rotatable bonds is 11. The lowest BCUT2D eigenvalue weighted by atomic mass is 10.1. The van der Waals surface area contributed by atoms with Crippen LogP contribution in [-0.4, -0.2) is 52.5 Å². The Morgan fingerprint density at radius 1 is 0.947 bits per heavy atom. The number of benzene rings is 3. The molecule has 3 aromatic carbocycles. The minimum Gasteiger partial charge on any atom is -0.493 e. The molecule has 0 aromatic heterocycles. The van der Waals surface area contributed by atoms with Gasteiger partial charge in [-0.15, -0.1) is 0 Å². The first kappa shape index (κ1) is 27.8. The van der Waals surface area contributed by atoms with Crippen molar-refractivity contribution < 1.29 is 22.7 Å². The van der Waals surface area contributed by atoms with Crippen molar-refractivity contribution >= 4 is 33.2 Å². The largest absolute Gasteiger partial charge is 0.493 e. The summed E-state index contributed by atoms with van der Waals surface area (Å²) in [4.78, 5) is 15.0. The fraction of sp³-hybridized carbons (Fsp3) is 0.321. The number of nitrogens with one attached hydrogen (secondary N) is 2. The minimum absolute atomic E-state index is 0.0259. The van der Waals surface area contributed by atoms with E-state index < -0.39 is 10.0 Å². The second-order valence-electron chi connectivity index (χ2n) is 9.04. The maximum atomic E-state index is 13.1. The average Bonchev–Trinajstić information content (AvgIpc) is 2.93. The van der Waals surface area contributed by atoms with Gasteiger partial charge in [-0.1, -0.05) is 30.2 Å². The van der Waals surface area contributed by atoms with Gasteiger partial charge in [0, 0.05) is 23.2 Å². The van der Waals surface area contributed by atoms with Gasteiger partial charge in [0.05, 0.1) is 17.7 Å². The van der Waals surface area contributed by atoms with Crippen molar-refractivity contribution in [1.82, 2.24) is 10.2 Å². The van der Waals surface area contributed by atoms with E-state index in [1.807, 2.05) is 0 Å². The molecular formula is C28H32ClN3O5S. The predicted molar refractivity (Wildman–Crippen MR) is 149 cm³/mol. The SMILES string of the molecule is COc1cc(Cl)ccc1Oc1ccccc1NS(=O)(=O)c1ccc(C(=O)NCCCN2CCCCC2)cc1. The van der Waals surface area contributed by atoms with Crippen molar-refractivity contribution in [1.29, 1.82) is 0 Å². The first-order valence-electron chi connectivity index (χ1n) is 12.6. The number of likely N-dealkylation sites (tertiary alicyclic amines) is 1. The normalized spacial score (nSPS) is 14.1. The van der Waals surface area contributed by atoms with Crippen LogP contribution < -0.4 is 19.5 Å². The number of nitrogens with zero attached hydrogens (tertiary/aromatic N) is 1. The Morgan fingerprint density at radius 2 is 1.68 bits per heavy atom. The molecule has 0 atom stereocenters. The lowest BCUT2D eigenvalue weighted by molar-refractivity contribution is 0.0951. The molecule has 1 saturated heterocycles. The zero-order chi connectivity index (χ0) is 27.0. The van der Waals surface area contributed by atoms with Crippen LogP contribution in [0.3, 0.4) is 0 Å². The number of amides is 1. The number of ether oxygens (including phenoxy) is 2. The van der Waals surface area contributed by atoms with Gasteiger partial charge in [-0.3, -0.25) is 9.52 Å². The highest BCUT2D eigenvalue weighted by atomic mass is 35.5. The Kier molecular flexibility index (Phi) is 9.49. The number of anilines is 1. The van der Waals surface area contributed by atoms with Gasteiger partial charge >= 0.3 is 0 Å². The zero-order valence-corrected chi connectivity index (χ0v) is 22.9. The second kappa shape index (κ2) is 13.0. The molecule has 0 unspecified atom stereocenters. The molecule has 1 fully saturated rings. The van der Waals surface area contributed by atoms with Gasteiger partial charge in [-0.25, -0.2) is 8.42 Å². The van der Waals surface area contributed by atoms with Crippen LogP contribution in [-0.2, 0) is 10.0 Å². The molecule has 4 rings (SSSR count). The number of carbonyl (C=O) groups is 1. The first-order chi connectivity index (χ1) is 18.4. The van der Waals surface area contributed by atoms with E-state index in [4.69, 9.17) is 21.1 Å². The number of halogens is 1. The molecule has 0 radical (unpaired) electrons. The lowest BCUT2D eigenvalue weighted by Gasteiger charge is -2.26. The van der Waals surface area contributed by atoms with Crippen LogP contribution in [0.25, 0.3) is 0 Å². The smallest absolute Gasteiger partial charge is 0.262 e. The molecule has 1 heterocycles. The van der Waals surface area contributed by atoms with Gasteiger partial charge in [-0.2, -0.15) is 0 Å². The van der Waals surface area contributed by atoms with Crippen molar-refractivity contribution in [2.75, 3.05) is 38.0 Å². The van der Waals surface area contributed by atoms with Crippen molar-refractivity contribution in [3.8, 4) is 17.2 Å². The summed E-state index contributed by atoms with van der Waals surface area (Å²) in [5, 5.41) is 3.40. The van der Waals surface area contributed by atoms with E-state index in [0.29, 0.717) is 28.6 Å². The van der Waals surface area contributed by atoms with Crippen molar-refractivity contribution in [2.45, 2.75) is 30.6 Å². The van der Waals surface area contributed by atoms with Crippen LogP contribution in [0.4, 0.5) is 5.69 Å². The highest BCUT2D eigenvalue weighted by molar-refractivity contribution is 7.92. The molecule has 1 amide bonds. The summed E-state index contributed by atoms with van der Waals surface area (Å²) in [6.45, 7) is 3.80. The maximum absolute atomic E-state index is 13.1. The van der Waals surface area contributed by atoms with Gasteiger partial charge in [0.2, 0.25) is 0 Å². The number of carbonyl (C=O) groups excluding carboxylic acids is 1. The summed E-state index contributed by atoms with van der Waals surface area (Å²) < 4.78 is 40.0. The number of methoxy groups -OCH3 is 1. The van der Waals surface area contributed by atoms with E-state index >= 15 is 0 Å². The van der Waals surface area contributed by atoms with Crippen molar-refractivity contribution in [2.24, 2.45) is 0 Å². The van der Waals surface area contributed by atoms with E-state index in [9.17, 15) is 13.2 Å². The topological polar surface area (TPSA) is 97.0 Å². The predicted octanol–water partition coefficient (Wildman–Crippen LogP) is 5.55. The maximum Gasteiger partial charge on any atom is 0.262 e. The van der Waals surface area contributed by atoms with Crippen LogP contribution in [0.15, 0.2) is 71.6 Å². The highest BCUT2D eigenvalue weighted by Gasteiger charge is 2.19. The third-order valence-corrected chi connectivity index (χ3v) is 7.91. The molecule has 38 heavy (non-hydrogen) atoms. The van der Waals surface area contributed by atoms with Gasteiger partial charge < -0.3 is 19.7 Å². The van der Waals surface area contributed by atoms with E-state index in [0.717, 1.165) is 26.1 Å². The van der Waals surface area contributed by atoms with E-state index in [-0.39, 0.29) is 22.2 Å². The Morgan fingerprint density at radius 3 is 2.42 bits per heavy atom. The lowest BCUT2D eigenvalue weighted by Crippen LogP contribution is -2.33. The summed E-state index contributed by atoms with van der Waals surface area (Å²) in [7, 11) is -2.45. The first-order valence-corrected chi connectivity index (χ1v) is 14.5. The molecule has 0 aliphatic carbocycles. The number of para-hydroxylation sites is 2. The Labute approximate surface area is 229 Å². The molecule has 1 aliphatic rings. The van der Waals surface area contributed by atoms with Crippen LogP contribution in [0, 0.1) is 0 Å². The molecule has 1 aliphatic heterocycles. The van der Waals surface area contributed by atoms with Gasteiger partial charge in [0.25, 0.3) is 15.9 Å². The van der Waals surface area contributed by atoms with Gasteiger partial charge in [-0.05, 0) is 87.4 Å². The minimum atomic E-state index is -3.95. The number of sulfonamides is 1. The van der Waals surface area contributed by atoms with E-state index in [2.05, 4.69) is 14.9 Å². The molecule has 0 spiro atoms. The van der Waals surface area contributed by atoms with E-state index in [1.54, 1.807) is 42.5 Å². The summed E-state index contributed by atoms with van der Waals surface area (Å²) in [5.74, 6) is 0.860. The summed E-state index contributed by atoms with van der Waals surface area (Å²) in [6, 6.07) is 17.4. The van der Waals surface area contributed by atoms with E-state index in [1.165, 1.54) is 50.6 Å².